The number of pyridine rings is 1. The van der Waals surface area contributed by atoms with Crippen molar-refractivity contribution in [1.29, 1.82) is 0 Å². The predicted octanol–water partition coefficient (Wildman–Crippen LogP) is 3.05. The Bertz CT molecular complexity index is 679. The Morgan fingerprint density at radius 3 is 3.17 bits per heavy atom. The standard InChI is InChI=1S/C18H22FN3O2/c19-16-5-1-7-20-17(16)21-14-10-18(24-12-14)6-3-8-22(13-18)11-15-4-2-9-23-15/h1-2,4-5,7,9,14H,3,6,8,10-13H2,(H,20,21)/t14-,18-/m0/s1. The number of likely N-dealkylation sites (tertiary alicyclic amines) is 1. The van der Waals surface area contributed by atoms with E-state index in [1.54, 1.807) is 18.5 Å². The first-order valence-corrected chi connectivity index (χ1v) is 8.48. The van der Waals surface area contributed by atoms with Crippen LogP contribution >= 0.6 is 0 Å². The first-order chi connectivity index (χ1) is 11.7. The van der Waals surface area contributed by atoms with Crippen LogP contribution in [0.25, 0.3) is 0 Å². The number of anilines is 1. The number of rotatable bonds is 4. The van der Waals surface area contributed by atoms with Crippen molar-refractivity contribution >= 4 is 5.82 Å². The Labute approximate surface area is 140 Å². The smallest absolute Gasteiger partial charge is 0.165 e. The van der Waals surface area contributed by atoms with E-state index in [1.807, 2.05) is 12.1 Å². The largest absolute Gasteiger partial charge is 0.468 e. The summed E-state index contributed by atoms with van der Waals surface area (Å²) in [6.45, 7) is 3.34. The lowest BCUT2D eigenvalue weighted by Gasteiger charge is -2.39. The van der Waals surface area contributed by atoms with Crippen molar-refractivity contribution in [2.24, 2.45) is 0 Å². The summed E-state index contributed by atoms with van der Waals surface area (Å²) in [5.41, 5.74) is -0.145. The van der Waals surface area contributed by atoms with E-state index in [0.29, 0.717) is 12.4 Å². The van der Waals surface area contributed by atoms with Crippen LogP contribution in [-0.4, -0.2) is 41.2 Å². The lowest BCUT2D eigenvalue weighted by atomic mass is 9.88. The zero-order valence-electron chi connectivity index (χ0n) is 13.6. The third-order valence-electron chi connectivity index (χ3n) is 4.89. The molecule has 2 atom stereocenters. The normalized spacial score (nSPS) is 27.6. The minimum absolute atomic E-state index is 0.0953. The second kappa shape index (κ2) is 6.53. The quantitative estimate of drug-likeness (QED) is 0.933. The fourth-order valence-electron chi connectivity index (χ4n) is 3.85. The molecular weight excluding hydrogens is 309 g/mol. The SMILES string of the molecule is Fc1cccnc1N[C@@H]1CO[C@@]2(CCCN(Cc3ccco3)C2)C1. The van der Waals surface area contributed by atoms with Gasteiger partial charge in [0.2, 0.25) is 0 Å². The van der Waals surface area contributed by atoms with Gasteiger partial charge in [0, 0.05) is 19.2 Å². The predicted molar refractivity (Wildman–Crippen MR) is 88.1 cm³/mol. The van der Waals surface area contributed by atoms with E-state index >= 15 is 0 Å². The maximum atomic E-state index is 13.8. The zero-order chi connectivity index (χ0) is 16.4. The first kappa shape index (κ1) is 15.6. The molecule has 0 aliphatic carbocycles. The molecule has 0 aromatic carbocycles. The van der Waals surface area contributed by atoms with Crippen molar-refractivity contribution in [3.8, 4) is 0 Å². The van der Waals surface area contributed by atoms with Gasteiger partial charge in [0.1, 0.15) is 5.76 Å². The Hall–Kier alpha value is -1.92. The number of halogens is 1. The highest BCUT2D eigenvalue weighted by Gasteiger charge is 2.43. The number of furan rings is 1. The molecule has 0 unspecified atom stereocenters. The average molecular weight is 331 g/mol. The molecule has 2 fully saturated rings. The van der Waals surface area contributed by atoms with Crippen LogP contribution in [0.1, 0.15) is 25.0 Å². The van der Waals surface area contributed by atoms with Gasteiger partial charge in [-0.2, -0.15) is 0 Å². The fourth-order valence-corrected chi connectivity index (χ4v) is 3.85. The molecule has 1 spiro atoms. The maximum Gasteiger partial charge on any atom is 0.165 e. The van der Waals surface area contributed by atoms with E-state index in [9.17, 15) is 4.39 Å². The number of aromatic nitrogens is 1. The number of nitrogens with zero attached hydrogens (tertiary/aromatic N) is 2. The van der Waals surface area contributed by atoms with E-state index in [2.05, 4.69) is 15.2 Å². The number of piperidine rings is 1. The second-order valence-electron chi connectivity index (χ2n) is 6.77. The third kappa shape index (κ3) is 3.30. The van der Waals surface area contributed by atoms with Crippen molar-refractivity contribution in [3.05, 3.63) is 48.3 Å². The van der Waals surface area contributed by atoms with Gasteiger partial charge in [-0.05, 0) is 43.7 Å². The molecule has 0 saturated carbocycles. The Morgan fingerprint density at radius 1 is 1.38 bits per heavy atom. The third-order valence-corrected chi connectivity index (χ3v) is 4.89. The van der Waals surface area contributed by atoms with E-state index in [0.717, 1.165) is 44.7 Å². The number of hydrogen-bond donors (Lipinski definition) is 1. The molecule has 2 aromatic heterocycles. The topological polar surface area (TPSA) is 50.5 Å². The highest BCUT2D eigenvalue weighted by Crippen LogP contribution is 2.36. The number of hydrogen-bond acceptors (Lipinski definition) is 5. The lowest BCUT2D eigenvalue weighted by Crippen LogP contribution is -2.47. The summed E-state index contributed by atoms with van der Waals surface area (Å²) in [6.07, 6.45) is 6.33. The van der Waals surface area contributed by atoms with E-state index < -0.39 is 0 Å². The van der Waals surface area contributed by atoms with Crippen LogP contribution in [-0.2, 0) is 11.3 Å². The molecular formula is C18H22FN3O2. The first-order valence-electron chi connectivity index (χ1n) is 8.48. The molecule has 0 amide bonds. The zero-order valence-corrected chi connectivity index (χ0v) is 13.6. The van der Waals surface area contributed by atoms with Gasteiger partial charge >= 0.3 is 0 Å². The summed E-state index contributed by atoms with van der Waals surface area (Å²) in [6, 6.07) is 7.04. The van der Waals surface area contributed by atoms with Crippen LogP contribution in [0.2, 0.25) is 0 Å². The summed E-state index contributed by atoms with van der Waals surface area (Å²) < 4.78 is 25.4. The molecule has 24 heavy (non-hydrogen) atoms. The summed E-state index contributed by atoms with van der Waals surface area (Å²) in [4.78, 5) is 6.46. The van der Waals surface area contributed by atoms with Crippen LogP contribution in [0, 0.1) is 5.82 Å². The molecule has 1 N–H and O–H groups in total. The van der Waals surface area contributed by atoms with Crippen LogP contribution < -0.4 is 5.32 Å². The summed E-state index contributed by atoms with van der Waals surface area (Å²) >= 11 is 0. The van der Waals surface area contributed by atoms with Crippen LogP contribution in [0.5, 0.6) is 0 Å². The molecule has 2 aliphatic rings. The lowest BCUT2D eigenvalue weighted by molar-refractivity contribution is -0.0544. The summed E-state index contributed by atoms with van der Waals surface area (Å²) in [7, 11) is 0. The van der Waals surface area contributed by atoms with E-state index in [-0.39, 0.29) is 17.5 Å². The summed E-state index contributed by atoms with van der Waals surface area (Å²) in [5.74, 6) is 0.975. The molecule has 6 heteroatoms. The van der Waals surface area contributed by atoms with Gasteiger partial charge in [-0.15, -0.1) is 0 Å². The molecule has 2 saturated heterocycles. The van der Waals surface area contributed by atoms with Gasteiger partial charge in [-0.1, -0.05) is 0 Å². The molecule has 0 radical (unpaired) electrons. The van der Waals surface area contributed by atoms with E-state index in [4.69, 9.17) is 9.15 Å². The van der Waals surface area contributed by atoms with Crippen LogP contribution in [0.15, 0.2) is 41.1 Å². The molecule has 4 heterocycles. The Balaban J connectivity index is 1.38. The minimum Gasteiger partial charge on any atom is -0.468 e. The summed E-state index contributed by atoms with van der Waals surface area (Å²) in [5, 5.41) is 3.19. The molecule has 2 aromatic rings. The van der Waals surface area contributed by atoms with Gasteiger partial charge in [0.05, 0.1) is 31.1 Å². The number of ether oxygens (including phenoxy) is 1. The molecule has 5 nitrogen and oxygen atoms in total. The Morgan fingerprint density at radius 2 is 2.33 bits per heavy atom. The van der Waals surface area contributed by atoms with Gasteiger partial charge in [0.25, 0.3) is 0 Å². The van der Waals surface area contributed by atoms with Crippen molar-refractivity contribution in [3.63, 3.8) is 0 Å². The molecule has 4 rings (SSSR count). The fraction of sp³-hybridized carbons (Fsp3) is 0.500. The highest BCUT2D eigenvalue weighted by molar-refractivity contribution is 5.37. The van der Waals surface area contributed by atoms with Gasteiger partial charge < -0.3 is 14.5 Å². The Kier molecular flexibility index (Phi) is 4.24. The number of nitrogens with one attached hydrogen (secondary N) is 1. The van der Waals surface area contributed by atoms with Gasteiger partial charge in [0.15, 0.2) is 11.6 Å². The second-order valence-corrected chi connectivity index (χ2v) is 6.77. The highest BCUT2D eigenvalue weighted by atomic mass is 19.1. The average Bonchev–Trinajstić information content (AvgIpc) is 3.21. The van der Waals surface area contributed by atoms with E-state index in [1.165, 1.54) is 6.07 Å². The minimum atomic E-state index is -0.318. The monoisotopic (exact) mass is 331 g/mol. The van der Waals surface area contributed by atoms with Crippen molar-refractivity contribution in [2.45, 2.75) is 37.5 Å². The van der Waals surface area contributed by atoms with Crippen molar-refractivity contribution < 1.29 is 13.5 Å². The molecule has 2 aliphatic heterocycles. The van der Waals surface area contributed by atoms with Gasteiger partial charge in [-0.3, -0.25) is 4.90 Å². The maximum absolute atomic E-state index is 13.8. The molecule has 128 valence electrons. The van der Waals surface area contributed by atoms with Crippen LogP contribution in [0.4, 0.5) is 10.2 Å². The van der Waals surface area contributed by atoms with Crippen LogP contribution in [0.3, 0.4) is 0 Å². The van der Waals surface area contributed by atoms with Crippen molar-refractivity contribution in [1.82, 2.24) is 9.88 Å². The van der Waals surface area contributed by atoms with Gasteiger partial charge in [-0.25, -0.2) is 9.37 Å². The van der Waals surface area contributed by atoms with Crippen molar-refractivity contribution in [2.75, 3.05) is 25.0 Å². The molecule has 0 bridgehead atoms.